The van der Waals surface area contributed by atoms with Gasteiger partial charge >= 0.3 is 0 Å². The highest BCUT2D eigenvalue weighted by molar-refractivity contribution is 5.08. The van der Waals surface area contributed by atoms with Crippen LogP contribution in [0.15, 0.2) is 11.6 Å². The largest absolute Gasteiger partial charge is 0.331 e. The predicted octanol–water partition coefficient (Wildman–Crippen LogP) is 2.93. The summed E-state index contributed by atoms with van der Waals surface area (Å²) in [4.78, 5) is 0. The van der Waals surface area contributed by atoms with Crippen molar-refractivity contribution in [1.29, 1.82) is 0 Å². The summed E-state index contributed by atoms with van der Waals surface area (Å²) in [5.41, 5.74) is 1.59. The molecule has 14 heavy (non-hydrogen) atoms. The molecule has 0 amide bonds. The Morgan fingerprint density at radius 3 is 2.29 bits per heavy atom. The SMILES string of the molecule is CC1=C[C@H](C)[C@H](C[N+](C)(C)C)[C@@H](C)C1. The zero-order valence-corrected chi connectivity index (χ0v) is 10.7. The van der Waals surface area contributed by atoms with E-state index in [1.807, 2.05) is 0 Å². The number of quaternary nitrogens is 1. The summed E-state index contributed by atoms with van der Waals surface area (Å²) in [7, 11) is 6.89. The van der Waals surface area contributed by atoms with Crippen LogP contribution in [0.4, 0.5) is 0 Å². The molecule has 1 aliphatic rings. The van der Waals surface area contributed by atoms with Gasteiger partial charge in [0.2, 0.25) is 0 Å². The summed E-state index contributed by atoms with van der Waals surface area (Å²) >= 11 is 0. The lowest BCUT2D eigenvalue weighted by molar-refractivity contribution is -0.874. The van der Waals surface area contributed by atoms with Crippen LogP contribution in [0.3, 0.4) is 0 Å². The lowest BCUT2D eigenvalue weighted by Gasteiger charge is -2.37. The number of hydrogen-bond acceptors (Lipinski definition) is 0. The minimum atomic E-state index is 0.760. The van der Waals surface area contributed by atoms with Crippen LogP contribution in [0, 0.1) is 17.8 Å². The molecule has 0 saturated carbocycles. The van der Waals surface area contributed by atoms with Gasteiger partial charge in [-0.25, -0.2) is 0 Å². The summed E-state index contributed by atoms with van der Waals surface area (Å²) in [5.74, 6) is 2.47. The molecule has 0 heterocycles. The predicted molar refractivity (Wildman–Crippen MR) is 63.1 cm³/mol. The second-order valence-electron chi connectivity index (χ2n) is 6.19. The molecule has 0 aromatic heterocycles. The second kappa shape index (κ2) is 4.06. The minimum absolute atomic E-state index is 0.760. The van der Waals surface area contributed by atoms with Crippen molar-refractivity contribution in [3.8, 4) is 0 Å². The fourth-order valence-corrected chi connectivity index (χ4v) is 2.80. The van der Waals surface area contributed by atoms with E-state index in [1.165, 1.54) is 13.0 Å². The van der Waals surface area contributed by atoms with Gasteiger partial charge in [0.1, 0.15) is 0 Å². The highest BCUT2D eigenvalue weighted by atomic mass is 15.3. The topological polar surface area (TPSA) is 0 Å². The molecule has 0 aromatic carbocycles. The summed E-state index contributed by atoms with van der Waals surface area (Å²) in [6, 6.07) is 0. The van der Waals surface area contributed by atoms with Crippen LogP contribution in [0.1, 0.15) is 27.2 Å². The van der Waals surface area contributed by atoms with Crippen molar-refractivity contribution < 1.29 is 4.48 Å². The van der Waals surface area contributed by atoms with Crippen LogP contribution in [-0.4, -0.2) is 32.2 Å². The van der Waals surface area contributed by atoms with Crippen molar-refractivity contribution in [3.63, 3.8) is 0 Å². The smallest absolute Gasteiger partial charge is 0.0817 e. The summed E-state index contributed by atoms with van der Waals surface area (Å²) in [6.45, 7) is 8.36. The highest BCUT2D eigenvalue weighted by Crippen LogP contribution is 2.34. The summed E-state index contributed by atoms with van der Waals surface area (Å²) < 4.78 is 1.09. The standard InChI is InChI=1S/C13H26N/c1-10-7-11(2)13(12(3)8-10)9-14(4,5)6/h7,11-13H,8-9H2,1-6H3/q+1/t11-,12-,13-/m0/s1. The van der Waals surface area contributed by atoms with Gasteiger partial charge in [-0.15, -0.1) is 0 Å². The Kier molecular flexibility index (Phi) is 3.41. The molecule has 0 spiro atoms. The Morgan fingerprint density at radius 2 is 1.86 bits per heavy atom. The Labute approximate surface area is 89.4 Å². The maximum absolute atomic E-state index is 2.47. The van der Waals surface area contributed by atoms with E-state index >= 15 is 0 Å². The Morgan fingerprint density at radius 1 is 1.29 bits per heavy atom. The van der Waals surface area contributed by atoms with Gasteiger partial charge in [0, 0.05) is 5.92 Å². The van der Waals surface area contributed by atoms with Gasteiger partial charge in [0.05, 0.1) is 27.7 Å². The summed E-state index contributed by atoms with van der Waals surface area (Å²) in [5, 5.41) is 0. The monoisotopic (exact) mass is 196 g/mol. The quantitative estimate of drug-likeness (QED) is 0.470. The molecule has 0 aromatic rings. The van der Waals surface area contributed by atoms with E-state index in [2.05, 4.69) is 48.0 Å². The van der Waals surface area contributed by atoms with Crippen molar-refractivity contribution in [1.82, 2.24) is 0 Å². The van der Waals surface area contributed by atoms with Crippen LogP contribution in [0.25, 0.3) is 0 Å². The third-order valence-electron chi connectivity index (χ3n) is 3.36. The molecule has 1 heteroatoms. The van der Waals surface area contributed by atoms with Crippen LogP contribution in [-0.2, 0) is 0 Å². The molecule has 0 radical (unpaired) electrons. The molecule has 0 fully saturated rings. The molecular weight excluding hydrogens is 170 g/mol. The van der Waals surface area contributed by atoms with Crippen molar-refractivity contribution in [3.05, 3.63) is 11.6 Å². The van der Waals surface area contributed by atoms with Crippen LogP contribution in [0.5, 0.6) is 0 Å². The zero-order chi connectivity index (χ0) is 10.9. The maximum Gasteiger partial charge on any atom is 0.0817 e. The van der Waals surface area contributed by atoms with Crippen LogP contribution < -0.4 is 0 Å². The molecule has 1 rings (SSSR count). The minimum Gasteiger partial charge on any atom is -0.331 e. The fourth-order valence-electron chi connectivity index (χ4n) is 2.80. The first kappa shape index (κ1) is 11.8. The van der Waals surface area contributed by atoms with Crippen molar-refractivity contribution in [2.24, 2.45) is 17.8 Å². The Hall–Kier alpha value is -0.300. The third-order valence-corrected chi connectivity index (χ3v) is 3.36. The van der Waals surface area contributed by atoms with Crippen LogP contribution in [0.2, 0.25) is 0 Å². The van der Waals surface area contributed by atoms with E-state index in [0.717, 1.165) is 22.2 Å². The average molecular weight is 196 g/mol. The molecule has 3 atom stereocenters. The van der Waals surface area contributed by atoms with Gasteiger partial charge < -0.3 is 4.48 Å². The van der Waals surface area contributed by atoms with Gasteiger partial charge in [-0.05, 0) is 25.2 Å². The van der Waals surface area contributed by atoms with Gasteiger partial charge in [-0.2, -0.15) is 0 Å². The van der Waals surface area contributed by atoms with Crippen molar-refractivity contribution in [2.45, 2.75) is 27.2 Å². The lowest BCUT2D eigenvalue weighted by atomic mass is 9.74. The number of rotatable bonds is 2. The molecule has 1 nitrogen and oxygen atoms in total. The van der Waals surface area contributed by atoms with Gasteiger partial charge in [-0.3, -0.25) is 0 Å². The maximum atomic E-state index is 2.47. The van der Waals surface area contributed by atoms with E-state index in [4.69, 9.17) is 0 Å². The van der Waals surface area contributed by atoms with Gasteiger partial charge in [-0.1, -0.05) is 25.5 Å². The average Bonchev–Trinajstić information content (AvgIpc) is 1.95. The number of allylic oxidation sites excluding steroid dienone is 2. The van der Waals surface area contributed by atoms with E-state index in [1.54, 1.807) is 5.57 Å². The number of hydrogen-bond donors (Lipinski definition) is 0. The van der Waals surface area contributed by atoms with E-state index in [0.29, 0.717) is 0 Å². The van der Waals surface area contributed by atoms with Crippen molar-refractivity contribution in [2.75, 3.05) is 27.7 Å². The normalized spacial score (nSPS) is 34.1. The molecule has 0 saturated heterocycles. The first-order valence-corrected chi connectivity index (χ1v) is 5.77. The Balaban J connectivity index is 2.69. The first-order valence-electron chi connectivity index (χ1n) is 5.77. The van der Waals surface area contributed by atoms with Crippen molar-refractivity contribution >= 4 is 0 Å². The Bertz CT molecular complexity index is 222. The molecule has 1 aliphatic carbocycles. The molecule has 0 bridgehead atoms. The molecule has 82 valence electrons. The molecule has 0 unspecified atom stereocenters. The van der Waals surface area contributed by atoms with E-state index in [-0.39, 0.29) is 0 Å². The van der Waals surface area contributed by atoms with E-state index in [9.17, 15) is 0 Å². The second-order valence-corrected chi connectivity index (χ2v) is 6.19. The fraction of sp³-hybridized carbons (Fsp3) is 0.846. The van der Waals surface area contributed by atoms with Gasteiger partial charge in [0.15, 0.2) is 0 Å². The number of nitrogens with zero attached hydrogens (tertiary/aromatic N) is 1. The van der Waals surface area contributed by atoms with E-state index < -0.39 is 0 Å². The molecule has 0 aliphatic heterocycles. The molecule has 0 N–H and O–H groups in total. The summed E-state index contributed by atoms with van der Waals surface area (Å²) in [6.07, 6.45) is 3.77. The van der Waals surface area contributed by atoms with Gasteiger partial charge in [0.25, 0.3) is 0 Å². The van der Waals surface area contributed by atoms with Crippen LogP contribution >= 0.6 is 0 Å². The lowest BCUT2D eigenvalue weighted by Crippen LogP contribution is -2.43. The third kappa shape index (κ3) is 3.13. The zero-order valence-electron chi connectivity index (χ0n) is 10.7. The molecular formula is C13H26N+. The first-order chi connectivity index (χ1) is 6.29. The highest BCUT2D eigenvalue weighted by Gasteiger charge is 2.30.